The van der Waals surface area contributed by atoms with Crippen molar-refractivity contribution in [1.29, 1.82) is 0 Å². The highest BCUT2D eigenvalue weighted by Gasteiger charge is 2.25. The van der Waals surface area contributed by atoms with Crippen LogP contribution in [0.3, 0.4) is 0 Å². The predicted molar refractivity (Wildman–Crippen MR) is 59.3 cm³/mol. The lowest BCUT2D eigenvalue weighted by molar-refractivity contribution is -0.119. The van der Waals surface area contributed by atoms with Crippen molar-refractivity contribution >= 4 is 5.91 Å². The molecule has 4 nitrogen and oxygen atoms in total. The van der Waals surface area contributed by atoms with E-state index >= 15 is 0 Å². The molecule has 4 heteroatoms. The third kappa shape index (κ3) is 3.18. The van der Waals surface area contributed by atoms with Gasteiger partial charge >= 0.3 is 0 Å². The topological polar surface area (TPSA) is 64.3 Å². The van der Waals surface area contributed by atoms with Crippen LogP contribution in [-0.4, -0.2) is 31.2 Å². The molecular weight excluding hydrogens is 192 g/mol. The lowest BCUT2D eigenvalue weighted by Crippen LogP contribution is -2.49. The monoisotopic (exact) mass is 210 g/mol. The zero-order chi connectivity index (χ0) is 11.3. The maximum absolute atomic E-state index is 11.1. The number of hydrogen-bond acceptors (Lipinski definition) is 3. The maximum atomic E-state index is 11.1. The highest BCUT2D eigenvalue weighted by atomic mass is 16.5. The predicted octanol–water partition coefficient (Wildman–Crippen LogP) is 0.351. The van der Waals surface area contributed by atoms with Gasteiger partial charge in [0.05, 0.1) is 12.7 Å². The Balaban J connectivity index is 2.65. The fraction of sp³-hybridized carbons (Fsp3) is 0.545. The van der Waals surface area contributed by atoms with Gasteiger partial charge < -0.3 is 10.5 Å². The van der Waals surface area contributed by atoms with Gasteiger partial charge in [-0.1, -0.05) is 19.1 Å². The van der Waals surface area contributed by atoms with E-state index in [0.29, 0.717) is 13.2 Å². The molecule has 84 valence electrons. The molecule has 0 aromatic carbocycles. The van der Waals surface area contributed by atoms with E-state index in [1.165, 1.54) is 0 Å². The SMILES string of the molecule is C=CCO[C@@H]1C=C(CC)C(C(N)=O)NC1. The molecule has 1 aliphatic heterocycles. The number of rotatable bonds is 5. The lowest BCUT2D eigenvalue weighted by atomic mass is 9.98. The maximum Gasteiger partial charge on any atom is 0.238 e. The average Bonchev–Trinajstić information content (AvgIpc) is 2.25. The second-order valence-electron chi connectivity index (χ2n) is 3.50. The van der Waals surface area contributed by atoms with Crippen molar-refractivity contribution in [3.05, 3.63) is 24.3 Å². The first-order valence-corrected chi connectivity index (χ1v) is 5.14. The number of carbonyl (C=O) groups is 1. The van der Waals surface area contributed by atoms with Gasteiger partial charge in [-0.25, -0.2) is 0 Å². The normalized spacial score (nSPS) is 25.8. The summed E-state index contributed by atoms with van der Waals surface area (Å²) in [7, 11) is 0. The fourth-order valence-electron chi connectivity index (χ4n) is 1.66. The second-order valence-corrected chi connectivity index (χ2v) is 3.50. The molecule has 0 aromatic rings. The van der Waals surface area contributed by atoms with Crippen LogP contribution in [0.5, 0.6) is 0 Å². The quantitative estimate of drug-likeness (QED) is 0.644. The summed E-state index contributed by atoms with van der Waals surface area (Å²) in [6.07, 6.45) is 4.50. The Hall–Kier alpha value is -1.13. The first-order chi connectivity index (χ1) is 7.19. The zero-order valence-electron chi connectivity index (χ0n) is 9.03. The van der Waals surface area contributed by atoms with Crippen molar-refractivity contribution in [3.8, 4) is 0 Å². The molecule has 0 saturated carbocycles. The van der Waals surface area contributed by atoms with Crippen molar-refractivity contribution < 1.29 is 9.53 Å². The number of carbonyl (C=O) groups excluding carboxylic acids is 1. The minimum absolute atomic E-state index is 0.00792. The molecule has 1 aliphatic rings. The van der Waals surface area contributed by atoms with Crippen molar-refractivity contribution in [2.45, 2.75) is 25.5 Å². The number of ether oxygens (including phenoxy) is 1. The largest absolute Gasteiger partial charge is 0.369 e. The molecule has 0 radical (unpaired) electrons. The third-order valence-electron chi connectivity index (χ3n) is 2.41. The Kier molecular flexibility index (Phi) is 4.52. The van der Waals surface area contributed by atoms with Gasteiger partial charge in [0.2, 0.25) is 5.91 Å². The molecule has 1 unspecified atom stereocenters. The van der Waals surface area contributed by atoms with Gasteiger partial charge in [-0.3, -0.25) is 10.1 Å². The van der Waals surface area contributed by atoms with Crippen LogP contribution in [0.25, 0.3) is 0 Å². The van der Waals surface area contributed by atoms with Crippen LogP contribution < -0.4 is 11.1 Å². The van der Waals surface area contributed by atoms with Crippen molar-refractivity contribution in [2.75, 3.05) is 13.2 Å². The summed E-state index contributed by atoms with van der Waals surface area (Å²) in [6, 6.07) is -0.335. The first kappa shape index (κ1) is 11.9. The molecule has 0 spiro atoms. The summed E-state index contributed by atoms with van der Waals surface area (Å²) in [4.78, 5) is 11.1. The molecule has 15 heavy (non-hydrogen) atoms. The number of hydrogen-bond donors (Lipinski definition) is 2. The number of nitrogens with two attached hydrogens (primary N) is 1. The van der Waals surface area contributed by atoms with Gasteiger partial charge in [0.15, 0.2) is 0 Å². The van der Waals surface area contributed by atoms with Gasteiger partial charge in [0.1, 0.15) is 6.04 Å². The highest BCUT2D eigenvalue weighted by molar-refractivity contribution is 5.83. The fourth-order valence-corrected chi connectivity index (χ4v) is 1.66. The molecule has 3 N–H and O–H groups in total. The summed E-state index contributed by atoms with van der Waals surface area (Å²) >= 11 is 0. The molecule has 1 heterocycles. The van der Waals surface area contributed by atoms with Crippen LogP contribution in [0, 0.1) is 0 Å². The molecule has 0 aliphatic carbocycles. The van der Waals surface area contributed by atoms with Gasteiger partial charge in [-0.2, -0.15) is 0 Å². The Morgan fingerprint density at radius 2 is 2.60 bits per heavy atom. The molecule has 1 amide bonds. The van der Waals surface area contributed by atoms with Crippen LogP contribution in [0.1, 0.15) is 13.3 Å². The summed E-state index contributed by atoms with van der Waals surface area (Å²) in [5.41, 5.74) is 6.28. The molecule has 0 bridgehead atoms. The van der Waals surface area contributed by atoms with Crippen LogP contribution in [-0.2, 0) is 9.53 Å². The Labute approximate surface area is 90.2 Å². The van der Waals surface area contributed by atoms with Crippen molar-refractivity contribution in [1.82, 2.24) is 5.32 Å². The molecule has 1 rings (SSSR count). The van der Waals surface area contributed by atoms with Crippen molar-refractivity contribution in [3.63, 3.8) is 0 Å². The molecule has 0 aromatic heterocycles. The number of amides is 1. The number of nitrogens with one attached hydrogen (secondary N) is 1. The standard InChI is InChI=1S/C11H18N2O2/c1-3-5-15-9-6-8(4-2)10(11(12)14)13-7-9/h3,6,9-10,13H,1,4-5,7H2,2H3,(H2,12,14)/t9-,10?/m1/s1. The van der Waals surface area contributed by atoms with E-state index in [1.54, 1.807) is 6.08 Å². The van der Waals surface area contributed by atoms with E-state index < -0.39 is 0 Å². The zero-order valence-corrected chi connectivity index (χ0v) is 9.03. The highest BCUT2D eigenvalue weighted by Crippen LogP contribution is 2.14. The number of primary amides is 1. The van der Waals surface area contributed by atoms with Gasteiger partial charge in [-0.15, -0.1) is 6.58 Å². The average molecular weight is 210 g/mol. The molecular formula is C11H18N2O2. The van der Waals surface area contributed by atoms with Gasteiger partial charge in [0.25, 0.3) is 0 Å². The summed E-state index contributed by atoms with van der Waals surface area (Å²) < 4.78 is 5.48. The van der Waals surface area contributed by atoms with Crippen LogP contribution in [0.15, 0.2) is 24.3 Å². The Morgan fingerprint density at radius 1 is 1.87 bits per heavy atom. The Morgan fingerprint density at radius 3 is 3.13 bits per heavy atom. The van der Waals surface area contributed by atoms with E-state index in [-0.39, 0.29) is 18.1 Å². The molecule has 0 saturated heterocycles. The van der Waals surface area contributed by atoms with Crippen LogP contribution in [0.2, 0.25) is 0 Å². The van der Waals surface area contributed by atoms with E-state index in [9.17, 15) is 4.79 Å². The molecule has 2 atom stereocenters. The van der Waals surface area contributed by atoms with Crippen LogP contribution in [0.4, 0.5) is 0 Å². The first-order valence-electron chi connectivity index (χ1n) is 5.14. The summed E-state index contributed by atoms with van der Waals surface area (Å²) in [6.45, 7) is 6.72. The minimum Gasteiger partial charge on any atom is -0.369 e. The third-order valence-corrected chi connectivity index (χ3v) is 2.41. The van der Waals surface area contributed by atoms with E-state index in [2.05, 4.69) is 11.9 Å². The van der Waals surface area contributed by atoms with Gasteiger partial charge in [-0.05, 0) is 12.0 Å². The van der Waals surface area contributed by atoms with E-state index in [4.69, 9.17) is 10.5 Å². The minimum atomic E-state index is -0.335. The smallest absolute Gasteiger partial charge is 0.238 e. The van der Waals surface area contributed by atoms with E-state index in [1.807, 2.05) is 13.0 Å². The van der Waals surface area contributed by atoms with Crippen molar-refractivity contribution in [2.24, 2.45) is 5.73 Å². The lowest BCUT2D eigenvalue weighted by Gasteiger charge is -2.27. The second kappa shape index (κ2) is 5.68. The van der Waals surface area contributed by atoms with E-state index in [0.717, 1.165) is 12.0 Å². The summed E-state index contributed by atoms with van der Waals surface area (Å²) in [5, 5.41) is 3.08. The summed E-state index contributed by atoms with van der Waals surface area (Å²) in [5.74, 6) is -0.328. The molecule has 0 fully saturated rings. The Bertz CT molecular complexity index is 274. The van der Waals surface area contributed by atoms with Gasteiger partial charge in [0, 0.05) is 6.54 Å². The van der Waals surface area contributed by atoms with Crippen LogP contribution >= 0.6 is 0 Å².